The molecule has 4 aromatic carbocycles. The molecule has 11 nitrogen and oxygen atoms in total. The van der Waals surface area contributed by atoms with Crippen LogP contribution in [0.25, 0.3) is 0 Å². The van der Waals surface area contributed by atoms with E-state index >= 15 is 0 Å². The van der Waals surface area contributed by atoms with Gasteiger partial charge in [0, 0.05) is 12.1 Å². The highest BCUT2D eigenvalue weighted by atomic mass is 16.7. The molecule has 0 bridgehead atoms. The van der Waals surface area contributed by atoms with Crippen molar-refractivity contribution in [1.82, 2.24) is 0 Å². The number of nitro benzene ring substituents is 1. The monoisotopic (exact) mass is 603 g/mol. The van der Waals surface area contributed by atoms with E-state index in [-0.39, 0.29) is 18.0 Å². The molecule has 0 spiro atoms. The molecule has 11 heteroatoms. The first-order chi connectivity index (χ1) is 21.3. The predicted molar refractivity (Wildman–Crippen MR) is 159 cm³/mol. The Labute approximate surface area is 253 Å². The van der Waals surface area contributed by atoms with Gasteiger partial charge in [0.25, 0.3) is 5.69 Å². The van der Waals surface area contributed by atoms with Gasteiger partial charge in [0.2, 0.25) is 6.29 Å². The molecule has 0 aliphatic carbocycles. The first kappa shape index (κ1) is 30.9. The number of nitro groups is 1. The number of methoxy groups -OCH3 is 2. The molecule has 1 heterocycles. The number of aliphatic hydroxyl groups is 3. The molecular weight excluding hydrogens is 570 g/mol. The lowest BCUT2D eigenvalue weighted by atomic mass is 9.80. The van der Waals surface area contributed by atoms with Crippen LogP contribution in [0.3, 0.4) is 0 Å². The molecule has 0 amide bonds. The second kappa shape index (κ2) is 13.4. The van der Waals surface area contributed by atoms with Crippen molar-refractivity contribution in [2.75, 3.05) is 20.8 Å². The summed E-state index contributed by atoms with van der Waals surface area (Å²) in [6, 6.07) is 29.5. The maximum Gasteiger partial charge on any atom is 0.269 e. The lowest BCUT2D eigenvalue weighted by Gasteiger charge is -2.42. The van der Waals surface area contributed by atoms with E-state index in [0.29, 0.717) is 11.5 Å². The summed E-state index contributed by atoms with van der Waals surface area (Å²) < 4.78 is 29.2. The van der Waals surface area contributed by atoms with Crippen LogP contribution in [0.5, 0.6) is 17.2 Å². The summed E-state index contributed by atoms with van der Waals surface area (Å²) in [6.45, 7) is -0.238. The van der Waals surface area contributed by atoms with Crippen molar-refractivity contribution in [3.63, 3.8) is 0 Å². The summed E-state index contributed by atoms with van der Waals surface area (Å²) in [4.78, 5) is 10.5. The fourth-order valence-electron chi connectivity index (χ4n) is 5.21. The van der Waals surface area contributed by atoms with Gasteiger partial charge in [0.15, 0.2) is 0 Å². The van der Waals surface area contributed by atoms with E-state index in [0.717, 1.165) is 16.7 Å². The van der Waals surface area contributed by atoms with Crippen LogP contribution in [0.4, 0.5) is 5.69 Å². The number of benzene rings is 4. The highest BCUT2D eigenvalue weighted by Gasteiger charge is 2.47. The van der Waals surface area contributed by atoms with Gasteiger partial charge in [-0.15, -0.1) is 0 Å². The molecule has 5 unspecified atom stereocenters. The summed E-state index contributed by atoms with van der Waals surface area (Å²) in [5.41, 5.74) is 0.912. The highest BCUT2D eigenvalue weighted by molar-refractivity contribution is 5.49. The SMILES string of the molecule is COc1ccc(C(OCC2OC(Oc3ccc([N+](=O)[O-])cc3)C(O)C(O)C2O)(c2ccccc2)c2ccc(OC)cc2)cc1. The van der Waals surface area contributed by atoms with Crippen molar-refractivity contribution < 1.29 is 43.9 Å². The average molecular weight is 604 g/mol. The Morgan fingerprint density at radius 3 is 1.70 bits per heavy atom. The number of ether oxygens (including phenoxy) is 5. The number of non-ortho nitro benzene ring substituents is 1. The number of hydrogen-bond acceptors (Lipinski definition) is 10. The number of nitrogens with zero attached hydrogens (tertiary/aromatic N) is 1. The summed E-state index contributed by atoms with van der Waals surface area (Å²) in [6.07, 6.45) is -7.32. The Morgan fingerprint density at radius 2 is 1.20 bits per heavy atom. The van der Waals surface area contributed by atoms with Crippen molar-refractivity contribution in [2.45, 2.75) is 36.3 Å². The number of hydrogen-bond donors (Lipinski definition) is 3. The van der Waals surface area contributed by atoms with Gasteiger partial charge in [-0.05, 0) is 53.1 Å². The second-order valence-electron chi connectivity index (χ2n) is 10.2. The standard InChI is InChI=1S/C33H33NO10/c1-40-25-14-8-22(9-15-25)33(21-6-4-3-5-7-21,23-10-16-26(41-2)17-11-23)42-20-28-29(35)30(36)31(37)32(44-28)43-27-18-12-24(13-19-27)34(38)39/h3-19,28-32,35-37H,20H2,1-2H3. The van der Waals surface area contributed by atoms with Crippen molar-refractivity contribution in [1.29, 1.82) is 0 Å². The van der Waals surface area contributed by atoms with Crippen LogP contribution in [0.1, 0.15) is 16.7 Å². The molecule has 3 N–H and O–H groups in total. The van der Waals surface area contributed by atoms with Gasteiger partial charge in [-0.2, -0.15) is 0 Å². The molecule has 1 fully saturated rings. The van der Waals surface area contributed by atoms with Crippen molar-refractivity contribution in [3.8, 4) is 17.2 Å². The number of aliphatic hydroxyl groups excluding tert-OH is 3. The van der Waals surface area contributed by atoms with Crippen LogP contribution >= 0.6 is 0 Å². The van der Waals surface area contributed by atoms with E-state index < -0.39 is 41.2 Å². The lowest BCUT2D eigenvalue weighted by Crippen LogP contribution is -2.60. The molecule has 4 aromatic rings. The van der Waals surface area contributed by atoms with Crippen molar-refractivity contribution >= 4 is 5.69 Å². The van der Waals surface area contributed by atoms with Crippen LogP contribution in [-0.2, 0) is 15.1 Å². The first-order valence-corrected chi connectivity index (χ1v) is 13.9. The summed E-state index contributed by atoms with van der Waals surface area (Å²) >= 11 is 0. The molecule has 1 aliphatic rings. The second-order valence-corrected chi connectivity index (χ2v) is 10.2. The van der Waals surface area contributed by atoms with Gasteiger partial charge in [-0.3, -0.25) is 10.1 Å². The smallest absolute Gasteiger partial charge is 0.269 e. The lowest BCUT2D eigenvalue weighted by molar-refractivity contribution is -0.384. The van der Waals surface area contributed by atoms with Crippen LogP contribution < -0.4 is 14.2 Å². The Balaban J connectivity index is 1.50. The normalized spacial score (nSPS) is 21.8. The minimum absolute atomic E-state index is 0.140. The fourth-order valence-corrected chi connectivity index (χ4v) is 5.21. The summed E-state index contributed by atoms with van der Waals surface area (Å²) in [7, 11) is 3.16. The largest absolute Gasteiger partial charge is 0.497 e. The molecule has 5 atom stereocenters. The van der Waals surface area contributed by atoms with Crippen molar-refractivity contribution in [2.24, 2.45) is 0 Å². The third-order valence-corrected chi connectivity index (χ3v) is 7.61. The van der Waals surface area contributed by atoms with Crippen LogP contribution in [0.2, 0.25) is 0 Å². The third-order valence-electron chi connectivity index (χ3n) is 7.61. The Bertz CT molecular complexity index is 1470. The summed E-state index contributed by atoms with van der Waals surface area (Å²) in [5, 5.41) is 43.4. The molecular formula is C33H33NO10. The van der Waals surface area contributed by atoms with Gasteiger partial charge in [0.05, 0.1) is 25.7 Å². The maximum absolute atomic E-state index is 11.0. The van der Waals surface area contributed by atoms with E-state index in [4.69, 9.17) is 23.7 Å². The Kier molecular flexibility index (Phi) is 9.43. The predicted octanol–water partition coefficient (Wildman–Crippen LogP) is 3.81. The molecule has 5 rings (SSSR count). The molecule has 1 saturated heterocycles. The van der Waals surface area contributed by atoms with E-state index in [9.17, 15) is 25.4 Å². The van der Waals surface area contributed by atoms with E-state index in [1.54, 1.807) is 14.2 Å². The zero-order valence-electron chi connectivity index (χ0n) is 24.1. The zero-order valence-corrected chi connectivity index (χ0v) is 24.1. The summed E-state index contributed by atoms with van der Waals surface area (Å²) in [5.74, 6) is 1.47. The maximum atomic E-state index is 11.0. The zero-order chi connectivity index (χ0) is 31.3. The van der Waals surface area contributed by atoms with Crippen LogP contribution in [0, 0.1) is 10.1 Å². The molecule has 0 radical (unpaired) electrons. The molecule has 230 valence electrons. The minimum Gasteiger partial charge on any atom is -0.497 e. The number of rotatable bonds is 11. The molecule has 1 aliphatic heterocycles. The van der Waals surface area contributed by atoms with E-state index in [1.165, 1.54) is 24.3 Å². The Hall–Kier alpha value is -4.52. The molecule has 0 aromatic heterocycles. The van der Waals surface area contributed by atoms with E-state index in [1.807, 2.05) is 78.9 Å². The van der Waals surface area contributed by atoms with Gasteiger partial charge in [-0.1, -0.05) is 54.6 Å². The van der Waals surface area contributed by atoms with Gasteiger partial charge in [-0.25, -0.2) is 0 Å². The van der Waals surface area contributed by atoms with Crippen LogP contribution in [0.15, 0.2) is 103 Å². The first-order valence-electron chi connectivity index (χ1n) is 13.9. The Morgan fingerprint density at radius 1 is 0.705 bits per heavy atom. The van der Waals surface area contributed by atoms with Gasteiger partial charge < -0.3 is 39.0 Å². The highest BCUT2D eigenvalue weighted by Crippen LogP contribution is 2.42. The van der Waals surface area contributed by atoms with Crippen LogP contribution in [-0.4, -0.2) is 71.8 Å². The van der Waals surface area contributed by atoms with Gasteiger partial charge >= 0.3 is 0 Å². The van der Waals surface area contributed by atoms with Gasteiger partial charge in [0.1, 0.15) is 47.3 Å². The minimum atomic E-state index is -1.63. The van der Waals surface area contributed by atoms with Crippen molar-refractivity contribution in [3.05, 3.63) is 130 Å². The fraction of sp³-hybridized carbons (Fsp3) is 0.273. The quantitative estimate of drug-likeness (QED) is 0.131. The molecule has 44 heavy (non-hydrogen) atoms. The van der Waals surface area contributed by atoms with E-state index in [2.05, 4.69) is 0 Å². The molecule has 0 saturated carbocycles. The third kappa shape index (κ3) is 6.23. The average Bonchev–Trinajstić information content (AvgIpc) is 3.07. The topological polar surface area (TPSA) is 150 Å².